The lowest BCUT2D eigenvalue weighted by molar-refractivity contribution is -0.117. The lowest BCUT2D eigenvalue weighted by atomic mass is 10.1. The van der Waals surface area contributed by atoms with Gasteiger partial charge in [-0.2, -0.15) is 0 Å². The molecule has 0 spiro atoms. The second kappa shape index (κ2) is 9.85. The van der Waals surface area contributed by atoms with E-state index in [-0.39, 0.29) is 6.42 Å². The minimum atomic E-state index is -3.73. The third-order valence-corrected chi connectivity index (χ3v) is 5.91. The molecule has 6 nitrogen and oxygen atoms in total. The van der Waals surface area contributed by atoms with Crippen molar-refractivity contribution in [2.24, 2.45) is 0 Å². The fourth-order valence-corrected chi connectivity index (χ4v) is 4.52. The Labute approximate surface area is 187 Å². The van der Waals surface area contributed by atoms with Crippen LogP contribution in [0.5, 0.6) is 11.5 Å². The Balaban J connectivity index is 1.78. The molecule has 0 saturated heterocycles. The summed E-state index contributed by atoms with van der Waals surface area (Å²) in [6.07, 6.45) is 1.35. The van der Waals surface area contributed by atoms with Gasteiger partial charge in [0.05, 0.1) is 11.9 Å². The lowest BCUT2D eigenvalue weighted by Crippen LogP contribution is -2.47. The van der Waals surface area contributed by atoms with Crippen LogP contribution in [0, 0.1) is 0 Å². The van der Waals surface area contributed by atoms with E-state index in [1.54, 1.807) is 49.4 Å². The summed E-state index contributed by atoms with van der Waals surface area (Å²) in [5.41, 5.74) is 0.868. The number of sulfonamides is 1. The molecule has 0 aliphatic heterocycles. The number of rotatable bonds is 8. The summed E-state index contributed by atoms with van der Waals surface area (Å²) >= 11 is 6.04. The lowest BCUT2D eigenvalue weighted by Gasteiger charge is -2.30. The molecule has 0 heterocycles. The zero-order valence-electron chi connectivity index (χ0n) is 17.2. The number of hydrogen-bond acceptors (Lipinski definition) is 4. The number of para-hydroxylation sites is 1. The van der Waals surface area contributed by atoms with Crippen LogP contribution in [0.25, 0.3) is 0 Å². The van der Waals surface area contributed by atoms with Crippen LogP contribution < -0.4 is 14.4 Å². The third-order valence-electron chi connectivity index (χ3n) is 4.49. The Morgan fingerprint density at radius 1 is 1.00 bits per heavy atom. The summed E-state index contributed by atoms with van der Waals surface area (Å²) in [6, 6.07) is 21.7. The molecule has 0 fully saturated rings. The monoisotopic (exact) mass is 458 g/mol. The standard InChI is InChI=1S/C23H23ClN2O4S/c1-3-22(26(31(2,28)29)19-9-7-8-17(24)16-19)23(27)25-18-12-14-21(15-13-18)30-20-10-5-4-6-11-20/h4-16,22H,3H2,1-2H3,(H,25,27). The highest BCUT2D eigenvalue weighted by molar-refractivity contribution is 7.92. The van der Waals surface area contributed by atoms with Crippen LogP contribution in [0.1, 0.15) is 13.3 Å². The molecule has 0 radical (unpaired) electrons. The van der Waals surface area contributed by atoms with Gasteiger partial charge in [0.1, 0.15) is 17.5 Å². The third kappa shape index (κ3) is 5.99. The molecule has 1 unspecified atom stereocenters. The molecule has 3 aromatic carbocycles. The number of halogens is 1. The van der Waals surface area contributed by atoms with Gasteiger partial charge in [-0.05, 0) is 61.0 Å². The van der Waals surface area contributed by atoms with Gasteiger partial charge < -0.3 is 10.1 Å². The molecule has 1 atom stereocenters. The Morgan fingerprint density at radius 2 is 1.65 bits per heavy atom. The second-order valence-electron chi connectivity index (χ2n) is 6.89. The second-order valence-corrected chi connectivity index (χ2v) is 9.19. The SMILES string of the molecule is CCC(C(=O)Nc1ccc(Oc2ccccc2)cc1)N(c1cccc(Cl)c1)S(C)(=O)=O. The quantitative estimate of drug-likeness (QED) is 0.496. The number of amides is 1. The summed E-state index contributed by atoms with van der Waals surface area (Å²) < 4.78 is 31.9. The molecule has 162 valence electrons. The fraction of sp³-hybridized carbons (Fsp3) is 0.174. The molecular weight excluding hydrogens is 436 g/mol. The molecule has 0 aliphatic rings. The van der Waals surface area contributed by atoms with Crippen molar-refractivity contribution in [2.75, 3.05) is 15.9 Å². The molecule has 31 heavy (non-hydrogen) atoms. The molecule has 1 amide bonds. The summed E-state index contributed by atoms with van der Waals surface area (Å²) in [7, 11) is -3.73. The van der Waals surface area contributed by atoms with E-state index in [1.165, 1.54) is 6.07 Å². The van der Waals surface area contributed by atoms with Crippen molar-refractivity contribution in [1.82, 2.24) is 0 Å². The molecule has 3 rings (SSSR count). The first-order chi connectivity index (χ1) is 14.8. The van der Waals surface area contributed by atoms with Gasteiger partial charge in [0.25, 0.3) is 0 Å². The van der Waals surface area contributed by atoms with Gasteiger partial charge in [-0.1, -0.05) is 42.8 Å². The van der Waals surface area contributed by atoms with Gasteiger partial charge in [-0.15, -0.1) is 0 Å². The van der Waals surface area contributed by atoms with Crippen molar-refractivity contribution in [3.8, 4) is 11.5 Å². The van der Waals surface area contributed by atoms with Crippen molar-refractivity contribution in [3.63, 3.8) is 0 Å². The average molecular weight is 459 g/mol. The minimum absolute atomic E-state index is 0.278. The Hall–Kier alpha value is -3.03. The van der Waals surface area contributed by atoms with Crippen LogP contribution >= 0.6 is 11.6 Å². The molecule has 0 aromatic heterocycles. The molecule has 0 bridgehead atoms. The van der Waals surface area contributed by atoms with Crippen molar-refractivity contribution in [2.45, 2.75) is 19.4 Å². The Kier molecular flexibility index (Phi) is 7.20. The molecule has 0 aliphatic carbocycles. The smallest absolute Gasteiger partial charge is 0.248 e. The fourth-order valence-electron chi connectivity index (χ4n) is 3.13. The highest BCUT2D eigenvalue weighted by atomic mass is 35.5. The number of benzene rings is 3. The van der Waals surface area contributed by atoms with E-state index in [9.17, 15) is 13.2 Å². The Bertz CT molecular complexity index is 1140. The molecule has 3 aromatic rings. The van der Waals surface area contributed by atoms with Crippen LogP contribution in [-0.4, -0.2) is 26.6 Å². The van der Waals surface area contributed by atoms with Crippen molar-refractivity contribution in [1.29, 1.82) is 0 Å². The van der Waals surface area contributed by atoms with Crippen molar-refractivity contribution in [3.05, 3.63) is 83.9 Å². The zero-order valence-corrected chi connectivity index (χ0v) is 18.7. The first-order valence-corrected chi connectivity index (χ1v) is 11.9. The van der Waals surface area contributed by atoms with Crippen LogP contribution in [0.3, 0.4) is 0 Å². The highest BCUT2D eigenvalue weighted by Crippen LogP contribution is 2.27. The van der Waals surface area contributed by atoms with Crippen LogP contribution in [0.4, 0.5) is 11.4 Å². The number of ether oxygens (including phenoxy) is 1. The summed E-state index contributed by atoms with van der Waals surface area (Å²) in [5, 5.41) is 3.17. The van der Waals surface area contributed by atoms with Crippen molar-refractivity contribution >= 4 is 38.9 Å². The molecule has 8 heteroatoms. The Morgan fingerprint density at radius 3 is 2.23 bits per heavy atom. The largest absolute Gasteiger partial charge is 0.457 e. The average Bonchev–Trinajstić information content (AvgIpc) is 2.73. The van der Waals surface area contributed by atoms with E-state index < -0.39 is 22.0 Å². The van der Waals surface area contributed by atoms with Gasteiger partial charge in [0.2, 0.25) is 15.9 Å². The number of anilines is 2. The van der Waals surface area contributed by atoms with E-state index in [0.717, 1.165) is 10.6 Å². The van der Waals surface area contributed by atoms with Gasteiger partial charge in [0.15, 0.2) is 0 Å². The maximum absolute atomic E-state index is 13.0. The van der Waals surface area contributed by atoms with Crippen LogP contribution in [0.2, 0.25) is 5.02 Å². The van der Waals surface area contributed by atoms with Crippen LogP contribution in [0.15, 0.2) is 78.9 Å². The maximum Gasteiger partial charge on any atom is 0.248 e. The number of nitrogens with zero attached hydrogens (tertiary/aromatic N) is 1. The van der Waals surface area contributed by atoms with Gasteiger partial charge in [-0.3, -0.25) is 9.10 Å². The van der Waals surface area contributed by atoms with Crippen LogP contribution in [-0.2, 0) is 14.8 Å². The first-order valence-electron chi connectivity index (χ1n) is 9.66. The number of carbonyl (C=O) groups excluding carboxylic acids is 1. The first kappa shape index (κ1) is 22.7. The summed E-state index contributed by atoms with van der Waals surface area (Å²) in [4.78, 5) is 13.0. The van der Waals surface area contributed by atoms with E-state index in [1.807, 2.05) is 30.3 Å². The zero-order chi connectivity index (χ0) is 22.4. The molecule has 1 N–H and O–H groups in total. The summed E-state index contributed by atoms with van der Waals surface area (Å²) in [5.74, 6) is 0.883. The van der Waals surface area contributed by atoms with Gasteiger partial charge in [-0.25, -0.2) is 8.42 Å². The van der Waals surface area contributed by atoms with Crippen molar-refractivity contribution < 1.29 is 17.9 Å². The molecule has 0 saturated carbocycles. The minimum Gasteiger partial charge on any atom is -0.457 e. The topological polar surface area (TPSA) is 75.7 Å². The van der Waals surface area contributed by atoms with Gasteiger partial charge >= 0.3 is 0 Å². The van der Waals surface area contributed by atoms with E-state index >= 15 is 0 Å². The predicted octanol–water partition coefficient (Wildman–Crippen LogP) is 5.32. The number of hydrogen-bond donors (Lipinski definition) is 1. The highest BCUT2D eigenvalue weighted by Gasteiger charge is 2.31. The van der Waals surface area contributed by atoms with Gasteiger partial charge in [0, 0.05) is 10.7 Å². The normalized spacial score (nSPS) is 12.1. The number of nitrogens with one attached hydrogen (secondary N) is 1. The van der Waals surface area contributed by atoms with E-state index in [0.29, 0.717) is 27.9 Å². The van der Waals surface area contributed by atoms with E-state index in [4.69, 9.17) is 16.3 Å². The summed E-state index contributed by atoms with van der Waals surface area (Å²) in [6.45, 7) is 1.75. The predicted molar refractivity (Wildman–Crippen MR) is 124 cm³/mol. The molecular formula is C23H23ClN2O4S. The van der Waals surface area contributed by atoms with E-state index in [2.05, 4.69) is 5.32 Å². The number of carbonyl (C=O) groups is 1. The maximum atomic E-state index is 13.0.